The van der Waals surface area contributed by atoms with Crippen LogP contribution in [-0.4, -0.2) is 20.3 Å². The smallest absolute Gasteiger partial charge is 0.161 e. The molecule has 0 aliphatic heterocycles. The van der Waals surface area contributed by atoms with Crippen LogP contribution in [0.15, 0.2) is 18.2 Å². The maximum absolute atomic E-state index is 5.78. The Hall–Kier alpha value is -1.22. The molecule has 0 amide bonds. The number of methoxy groups -OCH3 is 1. The van der Waals surface area contributed by atoms with Crippen LogP contribution in [0.3, 0.4) is 0 Å². The molecule has 0 bridgehead atoms. The highest BCUT2D eigenvalue weighted by Crippen LogP contribution is 2.29. The molecule has 18 heavy (non-hydrogen) atoms. The molecule has 0 spiro atoms. The Bertz CT molecular complexity index is 369. The van der Waals surface area contributed by atoms with Gasteiger partial charge in [-0.25, -0.2) is 0 Å². The van der Waals surface area contributed by atoms with E-state index in [1.54, 1.807) is 7.11 Å². The molecule has 0 aromatic heterocycles. The van der Waals surface area contributed by atoms with Gasteiger partial charge in [0.2, 0.25) is 0 Å². The van der Waals surface area contributed by atoms with Crippen molar-refractivity contribution in [2.75, 3.05) is 20.3 Å². The quantitative estimate of drug-likeness (QED) is 0.845. The first-order valence-corrected chi connectivity index (χ1v) is 6.46. The zero-order chi connectivity index (χ0) is 13.6. The minimum Gasteiger partial charge on any atom is -0.493 e. The van der Waals surface area contributed by atoms with Crippen molar-refractivity contribution < 1.29 is 9.47 Å². The molecule has 0 unspecified atom stereocenters. The van der Waals surface area contributed by atoms with Crippen molar-refractivity contribution in [1.82, 2.24) is 0 Å². The Kier molecular flexibility index (Phi) is 5.48. The largest absolute Gasteiger partial charge is 0.493 e. The Balaban J connectivity index is 2.65. The summed E-state index contributed by atoms with van der Waals surface area (Å²) >= 11 is 0. The number of benzene rings is 1. The van der Waals surface area contributed by atoms with E-state index < -0.39 is 0 Å². The first-order chi connectivity index (χ1) is 8.46. The summed E-state index contributed by atoms with van der Waals surface area (Å²) in [5.41, 5.74) is 7.01. The molecule has 0 atom stereocenters. The normalized spacial score (nSPS) is 11.4. The van der Waals surface area contributed by atoms with E-state index in [4.69, 9.17) is 15.2 Å². The van der Waals surface area contributed by atoms with E-state index in [2.05, 4.69) is 20.8 Å². The van der Waals surface area contributed by atoms with Crippen LogP contribution in [0.4, 0.5) is 0 Å². The van der Waals surface area contributed by atoms with E-state index in [-0.39, 0.29) is 5.41 Å². The predicted molar refractivity (Wildman–Crippen MR) is 75.3 cm³/mol. The Morgan fingerprint density at radius 2 is 1.89 bits per heavy atom. The Morgan fingerprint density at radius 3 is 2.44 bits per heavy atom. The highest BCUT2D eigenvalue weighted by molar-refractivity contribution is 5.43. The molecule has 1 rings (SSSR count). The molecule has 0 saturated carbocycles. The molecule has 0 heterocycles. The van der Waals surface area contributed by atoms with E-state index >= 15 is 0 Å². The molecule has 102 valence electrons. The van der Waals surface area contributed by atoms with Gasteiger partial charge in [-0.3, -0.25) is 0 Å². The minimum atomic E-state index is 0.284. The zero-order valence-electron chi connectivity index (χ0n) is 12.0. The molecule has 2 N–H and O–H groups in total. The van der Waals surface area contributed by atoms with Gasteiger partial charge >= 0.3 is 0 Å². The van der Waals surface area contributed by atoms with Crippen molar-refractivity contribution >= 4 is 0 Å². The van der Waals surface area contributed by atoms with Crippen LogP contribution in [0.25, 0.3) is 0 Å². The average molecular weight is 251 g/mol. The van der Waals surface area contributed by atoms with Gasteiger partial charge in [0, 0.05) is 0 Å². The fraction of sp³-hybridized carbons (Fsp3) is 0.600. The van der Waals surface area contributed by atoms with Gasteiger partial charge in [0.05, 0.1) is 13.7 Å². The van der Waals surface area contributed by atoms with Crippen molar-refractivity contribution in [3.63, 3.8) is 0 Å². The summed E-state index contributed by atoms with van der Waals surface area (Å²) in [6.45, 7) is 7.97. The van der Waals surface area contributed by atoms with Gasteiger partial charge in [-0.05, 0) is 42.5 Å². The molecule has 1 aromatic carbocycles. The number of hydrogen-bond acceptors (Lipinski definition) is 3. The molecule has 3 nitrogen and oxygen atoms in total. The number of hydrogen-bond donors (Lipinski definition) is 1. The van der Waals surface area contributed by atoms with Gasteiger partial charge in [-0.2, -0.15) is 0 Å². The third-order valence-corrected chi connectivity index (χ3v) is 2.77. The maximum atomic E-state index is 5.78. The van der Waals surface area contributed by atoms with E-state index in [1.807, 2.05) is 18.2 Å². The van der Waals surface area contributed by atoms with Crippen molar-refractivity contribution in [3.05, 3.63) is 23.8 Å². The predicted octanol–water partition coefficient (Wildman–Crippen LogP) is 3.01. The number of nitrogens with two attached hydrogens (primary N) is 1. The second kappa shape index (κ2) is 6.64. The Labute approximate surface area is 110 Å². The van der Waals surface area contributed by atoms with E-state index in [1.165, 1.54) is 5.56 Å². The third-order valence-electron chi connectivity index (χ3n) is 2.77. The summed E-state index contributed by atoms with van der Waals surface area (Å²) in [7, 11) is 1.66. The monoisotopic (exact) mass is 251 g/mol. The van der Waals surface area contributed by atoms with Gasteiger partial charge in [-0.15, -0.1) is 0 Å². The topological polar surface area (TPSA) is 44.5 Å². The van der Waals surface area contributed by atoms with Crippen molar-refractivity contribution in [3.8, 4) is 11.5 Å². The lowest BCUT2D eigenvalue weighted by molar-refractivity contribution is 0.234. The summed E-state index contributed by atoms with van der Waals surface area (Å²) in [4.78, 5) is 0. The molecular weight excluding hydrogens is 226 g/mol. The SMILES string of the molecule is COc1cc(CCN)ccc1OCCC(C)(C)C. The summed E-state index contributed by atoms with van der Waals surface area (Å²) in [5, 5.41) is 0. The molecule has 0 aliphatic carbocycles. The van der Waals surface area contributed by atoms with E-state index in [9.17, 15) is 0 Å². The zero-order valence-corrected chi connectivity index (χ0v) is 12.0. The van der Waals surface area contributed by atoms with Gasteiger partial charge in [0.1, 0.15) is 0 Å². The van der Waals surface area contributed by atoms with Crippen molar-refractivity contribution in [1.29, 1.82) is 0 Å². The second-order valence-corrected chi connectivity index (χ2v) is 5.68. The second-order valence-electron chi connectivity index (χ2n) is 5.68. The van der Waals surface area contributed by atoms with Gasteiger partial charge in [0.15, 0.2) is 11.5 Å². The lowest BCUT2D eigenvalue weighted by atomic mass is 9.93. The van der Waals surface area contributed by atoms with Crippen LogP contribution in [0.1, 0.15) is 32.8 Å². The molecule has 3 heteroatoms. The van der Waals surface area contributed by atoms with Crippen LogP contribution >= 0.6 is 0 Å². The summed E-state index contributed by atoms with van der Waals surface area (Å²) in [6, 6.07) is 6.01. The van der Waals surface area contributed by atoms with Crippen LogP contribution < -0.4 is 15.2 Å². The molecule has 0 radical (unpaired) electrons. The summed E-state index contributed by atoms with van der Waals surface area (Å²) < 4.78 is 11.1. The Morgan fingerprint density at radius 1 is 1.17 bits per heavy atom. The van der Waals surface area contributed by atoms with Crippen molar-refractivity contribution in [2.45, 2.75) is 33.6 Å². The van der Waals surface area contributed by atoms with E-state index in [0.717, 1.165) is 24.3 Å². The standard InChI is InChI=1S/C15H25NO2/c1-15(2,3)8-10-18-13-6-5-12(7-9-16)11-14(13)17-4/h5-6,11H,7-10,16H2,1-4H3. The van der Waals surface area contributed by atoms with Crippen LogP contribution in [-0.2, 0) is 6.42 Å². The molecule has 0 saturated heterocycles. The van der Waals surface area contributed by atoms with Gasteiger partial charge < -0.3 is 15.2 Å². The molecule has 0 aliphatic rings. The van der Waals surface area contributed by atoms with Crippen LogP contribution in [0.2, 0.25) is 0 Å². The molecule has 1 aromatic rings. The molecule has 0 fully saturated rings. The lowest BCUT2D eigenvalue weighted by Gasteiger charge is -2.19. The first kappa shape index (κ1) is 14.8. The number of ether oxygens (including phenoxy) is 2. The molecular formula is C15H25NO2. The highest BCUT2D eigenvalue weighted by Gasteiger charge is 2.11. The first-order valence-electron chi connectivity index (χ1n) is 6.46. The van der Waals surface area contributed by atoms with Crippen LogP contribution in [0.5, 0.6) is 11.5 Å². The lowest BCUT2D eigenvalue weighted by Crippen LogP contribution is -2.11. The average Bonchev–Trinajstić information content (AvgIpc) is 2.29. The number of rotatable bonds is 6. The highest BCUT2D eigenvalue weighted by atomic mass is 16.5. The summed E-state index contributed by atoms with van der Waals surface area (Å²) in [6.07, 6.45) is 1.87. The van der Waals surface area contributed by atoms with Crippen molar-refractivity contribution in [2.24, 2.45) is 11.1 Å². The minimum absolute atomic E-state index is 0.284. The van der Waals surface area contributed by atoms with E-state index in [0.29, 0.717) is 13.2 Å². The maximum Gasteiger partial charge on any atom is 0.161 e. The van der Waals surface area contributed by atoms with Crippen LogP contribution in [0, 0.1) is 5.41 Å². The summed E-state index contributed by atoms with van der Waals surface area (Å²) in [5.74, 6) is 1.59. The fourth-order valence-electron chi connectivity index (χ4n) is 1.62. The van der Waals surface area contributed by atoms with Gasteiger partial charge in [-0.1, -0.05) is 26.8 Å². The fourth-order valence-corrected chi connectivity index (χ4v) is 1.62. The van der Waals surface area contributed by atoms with Gasteiger partial charge in [0.25, 0.3) is 0 Å². The third kappa shape index (κ3) is 4.96.